The molecule has 42 heavy (non-hydrogen) atoms. The first-order valence-electron chi connectivity index (χ1n) is 11.9. The third kappa shape index (κ3) is 5.78. The molecule has 0 radical (unpaired) electrons. The van der Waals surface area contributed by atoms with Crippen LogP contribution < -0.4 is 19.5 Å². The van der Waals surface area contributed by atoms with Crippen molar-refractivity contribution < 1.29 is 35.9 Å². The highest BCUT2D eigenvalue weighted by atomic mass is 32.2. The summed E-state index contributed by atoms with van der Waals surface area (Å²) in [5, 5.41) is 6.47. The van der Waals surface area contributed by atoms with Crippen LogP contribution in [0.25, 0.3) is 16.9 Å². The maximum absolute atomic E-state index is 13.8. The quantitative estimate of drug-likeness (QED) is 0.252. The maximum Gasteiger partial charge on any atom is 0.321 e. The molecule has 0 fully saturated rings. The lowest BCUT2D eigenvalue weighted by atomic mass is 10.1. The summed E-state index contributed by atoms with van der Waals surface area (Å²) < 4.78 is 79.9. The molecule has 0 atom stereocenters. The number of sulfonamides is 1. The molecule has 0 bridgehead atoms. The van der Waals surface area contributed by atoms with Crippen molar-refractivity contribution in [2.24, 2.45) is 0 Å². The molecule has 0 saturated heterocycles. The van der Waals surface area contributed by atoms with Gasteiger partial charge in [0.15, 0.2) is 11.5 Å². The average molecular weight is 600 g/mol. The molecule has 12 nitrogen and oxygen atoms in total. The van der Waals surface area contributed by atoms with Gasteiger partial charge in [0.2, 0.25) is 5.88 Å². The minimum atomic E-state index is -4.11. The van der Waals surface area contributed by atoms with Crippen LogP contribution in [0, 0.1) is 5.82 Å². The van der Waals surface area contributed by atoms with Gasteiger partial charge in [-0.05, 0) is 54.6 Å². The van der Waals surface area contributed by atoms with Crippen LogP contribution in [0.2, 0.25) is 0 Å². The van der Waals surface area contributed by atoms with Gasteiger partial charge in [-0.1, -0.05) is 0 Å². The molecule has 5 rings (SSSR count). The Balaban J connectivity index is 1.39. The number of amides is 1. The highest BCUT2D eigenvalue weighted by Gasteiger charge is 2.22. The Morgan fingerprint density at radius 1 is 0.952 bits per heavy atom. The Labute approximate surface area is 236 Å². The molecule has 0 spiro atoms. The molecule has 0 unspecified atom stereocenters. The van der Waals surface area contributed by atoms with E-state index in [1.807, 2.05) is 0 Å². The number of carbonyl (C=O) groups excluding carboxylic acids is 1. The number of nitrogens with zero attached hydrogens (tertiary/aromatic N) is 5. The van der Waals surface area contributed by atoms with Crippen molar-refractivity contribution in [3.05, 3.63) is 83.9 Å². The number of fused-ring (bicyclic) bond motifs is 1. The molecule has 2 N–H and O–H groups in total. The second kappa shape index (κ2) is 11.3. The van der Waals surface area contributed by atoms with Crippen molar-refractivity contribution in [3.63, 3.8) is 0 Å². The number of methoxy groups -OCH3 is 2. The fourth-order valence-corrected chi connectivity index (χ4v) is 4.83. The molecule has 0 aliphatic rings. The van der Waals surface area contributed by atoms with Crippen LogP contribution in [0.5, 0.6) is 11.9 Å². The Morgan fingerprint density at radius 3 is 2.31 bits per heavy atom. The molecule has 16 heteroatoms. The third-order valence-electron chi connectivity index (χ3n) is 5.84. The van der Waals surface area contributed by atoms with Crippen LogP contribution in [-0.4, -0.2) is 53.1 Å². The number of alkyl halides is 2. The van der Waals surface area contributed by atoms with Gasteiger partial charge >= 0.3 is 6.01 Å². The monoisotopic (exact) mass is 599 g/mol. The number of hydrogen-bond acceptors (Lipinski definition) is 9. The lowest BCUT2D eigenvalue weighted by Crippen LogP contribution is -2.15. The number of rotatable bonds is 9. The Bertz CT molecular complexity index is 1860. The van der Waals surface area contributed by atoms with E-state index >= 15 is 0 Å². The van der Waals surface area contributed by atoms with Gasteiger partial charge in [0.1, 0.15) is 17.1 Å². The van der Waals surface area contributed by atoms with E-state index in [0.29, 0.717) is 5.56 Å². The SMILES string of the molecule is COc1cc(NS(=O)(=O)c2ccc(NC(=O)c3cnn4c(C(F)F)cc(-c5ccc(F)cc5)nc34)cc2)nc(OC)n1. The summed E-state index contributed by atoms with van der Waals surface area (Å²) in [7, 11) is -1.45. The average Bonchev–Trinajstić information content (AvgIpc) is 3.41. The lowest BCUT2D eigenvalue weighted by Gasteiger charge is -2.11. The number of hydrogen-bond donors (Lipinski definition) is 2. The van der Waals surface area contributed by atoms with Crippen molar-refractivity contribution in [1.29, 1.82) is 0 Å². The second-order valence-electron chi connectivity index (χ2n) is 8.53. The minimum Gasteiger partial charge on any atom is -0.481 e. The standard InChI is InChI=1S/C26H20F3N7O5S/c1-40-22-12-21(33-26(34-22)41-2)35-42(38,39)17-9-7-16(8-10-17)31-25(37)18-13-30-36-20(23(28)29)11-19(32-24(18)36)14-3-5-15(27)6-4-14/h3-13,23H,1-2H3,(H,31,37)(H,33,34,35). The number of anilines is 2. The summed E-state index contributed by atoms with van der Waals surface area (Å²) in [5.74, 6) is -1.27. The van der Waals surface area contributed by atoms with Crippen LogP contribution in [-0.2, 0) is 10.0 Å². The zero-order valence-electron chi connectivity index (χ0n) is 21.7. The zero-order valence-corrected chi connectivity index (χ0v) is 22.6. The molecule has 3 aromatic heterocycles. The first-order chi connectivity index (χ1) is 20.1. The molecular weight excluding hydrogens is 579 g/mol. The number of halogens is 3. The molecular formula is C26H20F3N7O5S. The maximum atomic E-state index is 13.8. The fraction of sp³-hybridized carbons (Fsp3) is 0.115. The molecule has 0 aliphatic heterocycles. The van der Waals surface area contributed by atoms with E-state index in [1.165, 1.54) is 56.7 Å². The van der Waals surface area contributed by atoms with E-state index in [-0.39, 0.29) is 45.2 Å². The summed E-state index contributed by atoms with van der Waals surface area (Å²) in [6.07, 6.45) is -1.86. The van der Waals surface area contributed by atoms with Crippen molar-refractivity contribution in [2.75, 3.05) is 24.3 Å². The number of nitrogens with one attached hydrogen (secondary N) is 2. The first-order valence-corrected chi connectivity index (χ1v) is 13.4. The molecule has 216 valence electrons. The summed E-state index contributed by atoms with van der Waals surface area (Å²) in [6, 6.07) is 12.5. The van der Waals surface area contributed by atoms with Gasteiger partial charge in [-0.15, -0.1) is 0 Å². The highest BCUT2D eigenvalue weighted by Crippen LogP contribution is 2.28. The Morgan fingerprint density at radius 2 is 1.67 bits per heavy atom. The van der Waals surface area contributed by atoms with Gasteiger partial charge < -0.3 is 14.8 Å². The van der Waals surface area contributed by atoms with Crippen molar-refractivity contribution in [1.82, 2.24) is 24.6 Å². The van der Waals surface area contributed by atoms with Crippen LogP contribution >= 0.6 is 0 Å². The van der Waals surface area contributed by atoms with Crippen molar-refractivity contribution in [3.8, 4) is 23.1 Å². The van der Waals surface area contributed by atoms with Crippen LogP contribution in [0.3, 0.4) is 0 Å². The van der Waals surface area contributed by atoms with Crippen LogP contribution in [0.15, 0.2) is 71.8 Å². The van der Waals surface area contributed by atoms with E-state index in [4.69, 9.17) is 9.47 Å². The van der Waals surface area contributed by atoms with Gasteiger partial charge in [0, 0.05) is 17.3 Å². The van der Waals surface area contributed by atoms with Gasteiger partial charge in [-0.25, -0.2) is 31.1 Å². The largest absolute Gasteiger partial charge is 0.481 e. The molecule has 5 aromatic rings. The summed E-state index contributed by atoms with van der Waals surface area (Å²) in [4.78, 5) is 25.1. The predicted octanol–water partition coefficient (Wildman–Crippen LogP) is 4.33. The van der Waals surface area contributed by atoms with E-state index < -0.39 is 33.9 Å². The van der Waals surface area contributed by atoms with E-state index in [1.54, 1.807) is 0 Å². The normalized spacial score (nSPS) is 11.5. The number of benzene rings is 2. The summed E-state index contributed by atoms with van der Waals surface area (Å²) >= 11 is 0. The lowest BCUT2D eigenvalue weighted by molar-refractivity contribution is 0.102. The van der Waals surface area contributed by atoms with E-state index in [0.717, 1.165) is 28.9 Å². The topological polar surface area (TPSA) is 150 Å². The number of aromatic nitrogens is 5. The second-order valence-corrected chi connectivity index (χ2v) is 10.2. The molecule has 2 aromatic carbocycles. The van der Waals surface area contributed by atoms with E-state index in [2.05, 4.69) is 30.1 Å². The smallest absolute Gasteiger partial charge is 0.321 e. The first kappa shape index (κ1) is 28.3. The van der Waals surface area contributed by atoms with Gasteiger partial charge in [0.05, 0.1) is 31.0 Å². The van der Waals surface area contributed by atoms with E-state index in [9.17, 15) is 26.4 Å². The zero-order chi connectivity index (χ0) is 30.0. The Hall–Kier alpha value is -5.25. The highest BCUT2D eigenvalue weighted by molar-refractivity contribution is 7.92. The van der Waals surface area contributed by atoms with Crippen LogP contribution in [0.1, 0.15) is 22.5 Å². The minimum absolute atomic E-state index is 0.0743. The fourth-order valence-electron chi connectivity index (χ4n) is 3.83. The molecule has 0 aliphatic carbocycles. The van der Waals surface area contributed by atoms with Crippen LogP contribution in [0.4, 0.5) is 24.7 Å². The van der Waals surface area contributed by atoms with Gasteiger partial charge in [0.25, 0.3) is 22.4 Å². The predicted molar refractivity (Wildman–Crippen MR) is 144 cm³/mol. The third-order valence-corrected chi connectivity index (χ3v) is 7.21. The number of carbonyl (C=O) groups is 1. The summed E-state index contributed by atoms with van der Waals surface area (Å²) in [6.45, 7) is 0. The molecule has 0 saturated carbocycles. The number of ether oxygens (including phenoxy) is 2. The van der Waals surface area contributed by atoms with Crippen molar-refractivity contribution >= 4 is 33.1 Å². The van der Waals surface area contributed by atoms with Gasteiger partial charge in [-0.3, -0.25) is 9.52 Å². The Kier molecular flexibility index (Phi) is 7.62. The molecule has 3 heterocycles. The van der Waals surface area contributed by atoms with Gasteiger partial charge in [-0.2, -0.15) is 15.1 Å². The molecule has 1 amide bonds. The summed E-state index contributed by atoms with van der Waals surface area (Å²) in [5.41, 5.74) is -0.132. The van der Waals surface area contributed by atoms with Crippen molar-refractivity contribution in [2.45, 2.75) is 11.3 Å².